The van der Waals surface area contributed by atoms with E-state index in [2.05, 4.69) is 120 Å². The van der Waals surface area contributed by atoms with Crippen LogP contribution >= 0.6 is 0 Å². The van der Waals surface area contributed by atoms with E-state index in [1.54, 1.807) is 0 Å². The van der Waals surface area contributed by atoms with E-state index < -0.39 is 0 Å². The van der Waals surface area contributed by atoms with Gasteiger partial charge in [-0.25, -0.2) is 0 Å². The van der Waals surface area contributed by atoms with Crippen molar-refractivity contribution in [2.45, 2.75) is 37.8 Å². The Labute approximate surface area is 186 Å². The third-order valence-corrected chi connectivity index (χ3v) is 6.35. The topological polar surface area (TPSA) is 3.24 Å². The molecule has 1 heteroatoms. The Morgan fingerprint density at radius 3 is 2.06 bits per heavy atom. The lowest BCUT2D eigenvalue weighted by Gasteiger charge is -2.39. The summed E-state index contributed by atoms with van der Waals surface area (Å²) >= 11 is 0. The molecule has 0 N–H and O–H groups in total. The summed E-state index contributed by atoms with van der Waals surface area (Å²) in [5.74, 6) is 0. The van der Waals surface area contributed by atoms with Crippen molar-refractivity contribution < 1.29 is 0 Å². The Kier molecular flexibility index (Phi) is 5.84. The van der Waals surface area contributed by atoms with Crippen molar-refractivity contribution in [3.05, 3.63) is 126 Å². The molecule has 2 aromatic rings. The largest absolute Gasteiger partial charge is 0.358 e. The molecule has 5 rings (SSSR count). The van der Waals surface area contributed by atoms with Crippen LogP contribution in [0, 0.1) is 0 Å². The zero-order valence-electron chi connectivity index (χ0n) is 17.9. The normalized spacial score (nSPS) is 22.2. The van der Waals surface area contributed by atoms with Crippen molar-refractivity contribution in [2.24, 2.45) is 0 Å². The van der Waals surface area contributed by atoms with Crippen molar-refractivity contribution in [1.29, 1.82) is 0 Å². The highest BCUT2D eigenvalue weighted by atomic mass is 15.2. The van der Waals surface area contributed by atoms with E-state index in [0.717, 1.165) is 25.7 Å². The van der Waals surface area contributed by atoms with E-state index in [1.807, 2.05) is 0 Å². The molecule has 0 saturated heterocycles. The molecule has 0 saturated carbocycles. The second kappa shape index (κ2) is 9.22. The maximum absolute atomic E-state index is 2.59. The van der Waals surface area contributed by atoms with Crippen LogP contribution in [0.4, 0.5) is 5.69 Å². The third-order valence-electron chi connectivity index (χ3n) is 6.35. The van der Waals surface area contributed by atoms with Gasteiger partial charge in [0.25, 0.3) is 0 Å². The lowest BCUT2D eigenvalue weighted by atomic mass is 9.93. The lowest BCUT2D eigenvalue weighted by molar-refractivity contribution is 0.617. The van der Waals surface area contributed by atoms with Gasteiger partial charge in [-0.15, -0.1) is 0 Å². The standard InChI is InChI=1S/C30H29N/c1-4-10-24(11-5-1)26-16-20-29(21-17-26)31(28-14-8-3-9-15-28)30-22-18-27(19-23-30)25-12-6-2-7-13-25/h1,3-6,8-14,16-20,22-23,28-29H,2,7,15,21H2. The van der Waals surface area contributed by atoms with Crippen LogP contribution in [-0.2, 0) is 0 Å². The fraction of sp³-hybridized carbons (Fsp3) is 0.200. The summed E-state index contributed by atoms with van der Waals surface area (Å²) in [5.41, 5.74) is 6.56. The average molecular weight is 404 g/mol. The zero-order chi connectivity index (χ0) is 20.9. The van der Waals surface area contributed by atoms with Crippen LogP contribution in [0.25, 0.3) is 11.1 Å². The van der Waals surface area contributed by atoms with Gasteiger partial charge in [0.05, 0.1) is 12.1 Å². The van der Waals surface area contributed by atoms with E-state index in [-0.39, 0.29) is 0 Å². The second-order valence-electron chi connectivity index (χ2n) is 8.40. The van der Waals surface area contributed by atoms with Crippen LogP contribution < -0.4 is 4.90 Å². The highest BCUT2D eigenvalue weighted by Crippen LogP contribution is 2.32. The highest BCUT2D eigenvalue weighted by Gasteiger charge is 2.25. The molecule has 2 atom stereocenters. The molecular weight excluding hydrogens is 374 g/mol. The molecule has 0 amide bonds. The molecule has 0 fully saturated rings. The van der Waals surface area contributed by atoms with Crippen molar-refractivity contribution in [2.75, 3.05) is 4.90 Å². The first-order chi connectivity index (χ1) is 15.4. The quantitative estimate of drug-likeness (QED) is 0.499. The Morgan fingerprint density at radius 2 is 1.39 bits per heavy atom. The first kappa shape index (κ1) is 19.6. The minimum absolute atomic E-state index is 0.355. The number of anilines is 1. The van der Waals surface area contributed by atoms with E-state index in [9.17, 15) is 0 Å². The molecule has 0 aliphatic heterocycles. The van der Waals surface area contributed by atoms with Gasteiger partial charge < -0.3 is 4.90 Å². The average Bonchev–Trinajstić information content (AvgIpc) is 2.87. The number of rotatable bonds is 5. The summed E-state index contributed by atoms with van der Waals surface area (Å²) in [6, 6.07) is 20.6. The maximum Gasteiger partial charge on any atom is 0.0517 e. The molecule has 31 heavy (non-hydrogen) atoms. The Bertz CT molecular complexity index is 1080. The fourth-order valence-electron chi connectivity index (χ4n) is 4.72. The smallest absolute Gasteiger partial charge is 0.0517 e. The van der Waals surface area contributed by atoms with Crippen molar-refractivity contribution >= 4 is 16.8 Å². The zero-order valence-corrected chi connectivity index (χ0v) is 17.9. The predicted octanol–water partition coefficient (Wildman–Crippen LogP) is 7.52. The monoisotopic (exact) mass is 403 g/mol. The van der Waals surface area contributed by atoms with Crippen LogP contribution in [0.15, 0.2) is 115 Å². The van der Waals surface area contributed by atoms with Gasteiger partial charge in [0, 0.05) is 5.69 Å². The number of nitrogens with zero attached hydrogens (tertiary/aromatic N) is 1. The first-order valence-electron chi connectivity index (χ1n) is 11.4. The molecule has 0 aromatic heterocycles. The molecular formula is C30H29N. The predicted molar refractivity (Wildman–Crippen MR) is 134 cm³/mol. The van der Waals surface area contributed by atoms with Gasteiger partial charge in [0.1, 0.15) is 0 Å². The van der Waals surface area contributed by atoms with Gasteiger partial charge in [-0.2, -0.15) is 0 Å². The second-order valence-corrected chi connectivity index (χ2v) is 8.40. The molecule has 0 heterocycles. The SMILES string of the molecule is C1=CCC(N(c2ccc(C3=CCCC=C3)cc2)C2C=CC(c3ccccc3)=CC2)C=C1. The van der Waals surface area contributed by atoms with Gasteiger partial charge in [-0.05, 0) is 60.1 Å². The minimum atomic E-state index is 0.355. The van der Waals surface area contributed by atoms with Gasteiger partial charge in [-0.3, -0.25) is 0 Å². The van der Waals surface area contributed by atoms with E-state index >= 15 is 0 Å². The molecule has 1 nitrogen and oxygen atoms in total. The van der Waals surface area contributed by atoms with Gasteiger partial charge in [0.2, 0.25) is 0 Å². The van der Waals surface area contributed by atoms with E-state index in [1.165, 1.54) is 28.0 Å². The summed E-state index contributed by atoms with van der Waals surface area (Å²) in [6.45, 7) is 0. The molecule has 3 aliphatic carbocycles. The maximum atomic E-state index is 2.59. The van der Waals surface area contributed by atoms with Crippen LogP contribution in [-0.4, -0.2) is 12.1 Å². The summed E-state index contributed by atoms with van der Waals surface area (Å²) in [5, 5.41) is 0. The molecule has 2 unspecified atom stereocenters. The lowest BCUT2D eigenvalue weighted by Crippen LogP contribution is -2.42. The molecule has 3 aliphatic rings. The van der Waals surface area contributed by atoms with Crippen LogP contribution in [0.1, 0.15) is 36.8 Å². The Hall–Kier alpha value is -3.32. The number of allylic oxidation sites excluding steroid dienone is 8. The summed E-state index contributed by atoms with van der Waals surface area (Å²) in [6.07, 6.45) is 27.3. The molecule has 154 valence electrons. The third kappa shape index (κ3) is 4.41. The number of benzene rings is 2. The van der Waals surface area contributed by atoms with Crippen LogP contribution in [0.3, 0.4) is 0 Å². The first-order valence-corrected chi connectivity index (χ1v) is 11.4. The summed E-state index contributed by atoms with van der Waals surface area (Å²) in [4.78, 5) is 2.59. The van der Waals surface area contributed by atoms with Crippen LogP contribution in [0.2, 0.25) is 0 Å². The van der Waals surface area contributed by atoms with Crippen molar-refractivity contribution in [3.8, 4) is 0 Å². The van der Waals surface area contributed by atoms with Gasteiger partial charge in [0.15, 0.2) is 0 Å². The molecule has 2 aromatic carbocycles. The number of hydrogen-bond acceptors (Lipinski definition) is 1. The van der Waals surface area contributed by atoms with Crippen LogP contribution in [0.5, 0.6) is 0 Å². The van der Waals surface area contributed by atoms with E-state index in [0.29, 0.717) is 12.1 Å². The van der Waals surface area contributed by atoms with Gasteiger partial charge in [-0.1, -0.05) is 103 Å². The molecule has 0 bridgehead atoms. The minimum Gasteiger partial charge on any atom is -0.358 e. The van der Waals surface area contributed by atoms with E-state index in [4.69, 9.17) is 0 Å². The summed E-state index contributed by atoms with van der Waals surface area (Å²) in [7, 11) is 0. The molecule has 0 radical (unpaired) electrons. The Balaban J connectivity index is 1.41. The Morgan fingerprint density at radius 1 is 0.613 bits per heavy atom. The molecule has 0 spiro atoms. The van der Waals surface area contributed by atoms with Crippen molar-refractivity contribution in [3.63, 3.8) is 0 Å². The fourth-order valence-corrected chi connectivity index (χ4v) is 4.72. The number of hydrogen-bond donors (Lipinski definition) is 0. The summed E-state index contributed by atoms with van der Waals surface area (Å²) < 4.78 is 0. The van der Waals surface area contributed by atoms with Gasteiger partial charge >= 0.3 is 0 Å². The highest BCUT2D eigenvalue weighted by molar-refractivity contribution is 5.77. The van der Waals surface area contributed by atoms with Crippen molar-refractivity contribution in [1.82, 2.24) is 0 Å².